The maximum Gasteiger partial charge on any atom is 0.320 e. The molecule has 2 N–H and O–H groups in total. The fraction of sp³-hybridized carbons (Fsp3) is 0.333. The number of rotatable bonds is 12. The Kier molecular flexibility index (Phi) is 10.4. The van der Waals surface area contributed by atoms with E-state index in [4.69, 9.17) is 25.5 Å². The fourth-order valence-electron chi connectivity index (χ4n) is 6.87. The molecule has 1 unspecified atom stereocenters. The standard InChI is InChI=1S/C39H39ClN4O6/c1-38(2)30(28-12-4-3-5-13-28)14-9-16-39(38,37-43-42-35(23-45)50-37)25-49-34-20-33(48-24-27-11-8-10-26(18-27)21-41)29(19-31(34)40)22-44-17-7-6-15-32(44)36(46)47/h3-5,8-14,16,18-20,32,45H,6-7,15,17,22-25H2,1-2H3,(H,46,47)/t32-,39?/m0/s1. The van der Waals surface area contributed by atoms with Crippen molar-refractivity contribution in [3.63, 3.8) is 0 Å². The van der Waals surface area contributed by atoms with Crippen LogP contribution in [0.5, 0.6) is 11.5 Å². The zero-order valence-electron chi connectivity index (χ0n) is 28.0. The molecule has 11 heteroatoms. The Hall–Kier alpha value is -4.95. The molecule has 1 fully saturated rings. The van der Waals surface area contributed by atoms with Crippen LogP contribution in [0.25, 0.3) is 5.57 Å². The highest BCUT2D eigenvalue weighted by Crippen LogP contribution is 2.53. The lowest BCUT2D eigenvalue weighted by molar-refractivity contribution is -0.144. The van der Waals surface area contributed by atoms with E-state index >= 15 is 0 Å². The molecule has 0 spiro atoms. The van der Waals surface area contributed by atoms with Crippen molar-refractivity contribution in [3.8, 4) is 17.6 Å². The second kappa shape index (κ2) is 14.9. The smallest absolute Gasteiger partial charge is 0.320 e. The van der Waals surface area contributed by atoms with Crippen LogP contribution in [0.2, 0.25) is 5.02 Å². The largest absolute Gasteiger partial charge is 0.490 e. The van der Waals surface area contributed by atoms with Gasteiger partial charge in [0.2, 0.25) is 11.8 Å². The summed E-state index contributed by atoms with van der Waals surface area (Å²) in [4.78, 5) is 14.1. The second-order valence-corrected chi connectivity index (χ2v) is 13.6. The topological polar surface area (TPSA) is 142 Å². The van der Waals surface area contributed by atoms with Gasteiger partial charge >= 0.3 is 5.97 Å². The van der Waals surface area contributed by atoms with Gasteiger partial charge in [0.05, 0.1) is 16.7 Å². The van der Waals surface area contributed by atoms with Gasteiger partial charge in [0, 0.05) is 23.6 Å². The van der Waals surface area contributed by atoms with Crippen LogP contribution in [0.3, 0.4) is 0 Å². The highest BCUT2D eigenvalue weighted by atomic mass is 35.5. The molecule has 1 aromatic heterocycles. The fourth-order valence-corrected chi connectivity index (χ4v) is 7.11. The molecule has 50 heavy (non-hydrogen) atoms. The highest BCUT2D eigenvalue weighted by molar-refractivity contribution is 6.32. The minimum absolute atomic E-state index is 0.0453. The van der Waals surface area contributed by atoms with Crippen LogP contribution in [0.15, 0.2) is 89.4 Å². The third-order valence-corrected chi connectivity index (χ3v) is 10.1. The van der Waals surface area contributed by atoms with Gasteiger partial charge in [-0.1, -0.05) is 92.6 Å². The van der Waals surface area contributed by atoms with Crippen LogP contribution in [-0.2, 0) is 30.0 Å². The van der Waals surface area contributed by atoms with Gasteiger partial charge in [-0.15, -0.1) is 10.2 Å². The summed E-state index contributed by atoms with van der Waals surface area (Å²) < 4.78 is 19.0. The summed E-state index contributed by atoms with van der Waals surface area (Å²) in [5.74, 6) is 0.366. The summed E-state index contributed by atoms with van der Waals surface area (Å²) in [6, 6.07) is 22.3. The van der Waals surface area contributed by atoms with Crippen molar-refractivity contribution in [2.24, 2.45) is 5.41 Å². The molecule has 1 aliphatic heterocycles. The van der Waals surface area contributed by atoms with E-state index in [0.717, 1.165) is 35.1 Å². The van der Waals surface area contributed by atoms with Crippen molar-refractivity contribution in [1.29, 1.82) is 5.26 Å². The lowest BCUT2D eigenvalue weighted by Gasteiger charge is -2.45. The lowest BCUT2D eigenvalue weighted by Crippen LogP contribution is -2.47. The van der Waals surface area contributed by atoms with Gasteiger partial charge in [-0.2, -0.15) is 5.26 Å². The summed E-state index contributed by atoms with van der Waals surface area (Å²) in [6.45, 7) is 4.95. The first kappa shape index (κ1) is 34.9. The highest BCUT2D eigenvalue weighted by Gasteiger charge is 2.53. The van der Waals surface area contributed by atoms with Crippen LogP contribution in [-0.4, -0.2) is 50.5 Å². The Morgan fingerprint density at radius 2 is 1.90 bits per heavy atom. The quantitative estimate of drug-likeness (QED) is 0.158. The normalized spacial score (nSPS) is 20.1. The Balaban J connectivity index is 1.36. The molecule has 0 radical (unpaired) electrons. The van der Waals surface area contributed by atoms with E-state index in [9.17, 15) is 20.3 Å². The third kappa shape index (κ3) is 7.03. The van der Waals surface area contributed by atoms with E-state index in [1.807, 2.05) is 53.5 Å². The van der Waals surface area contributed by atoms with Crippen LogP contribution in [0, 0.1) is 16.7 Å². The first-order chi connectivity index (χ1) is 24.1. The number of carboxylic acid groups (broad SMARTS) is 1. The van der Waals surface area contributed by atoms with E-state index in [2.05, 4.69) is 36.2 Å². The number of nitriles is 1. The molecule has 0 amide bonds. The van der Waals surface area contributed by atoms with Crippen molar-refractivity contribution >= 4 is 23.1 Å². The molecule has 10 nitrogen and oxygen atoms in total. The summed E-state index contributed by atoms with van der Waals surface area (Å²) in [6.07, 6.45) is 8.32. The molecule has 258 valence electrons. The maximum atomic E-state index is 12.1. The van der Waals surface area contributed by atoms with Crippen LogP contribution in [0.1, 0.15) is 67.1 Å². The molecular formula is C39H39ClN4O6. The predicted octanol–water partition coefficient (Wildman–Crippen LogP) is 7.10. The van der Waals surface area contributed by atoms with E-state index in [1.54, 1.807) is 30.3 Å². The molecule has 0 saturated carbocycles. The molecule has 1 aliphatic carbocycles. The molecular weight excluding hydrogens is 656 g/mol. The molecule has 0 bridgehead atoms. The Labute approximate surface area is 296 Å². The molecule has 3 aromatic carbocycles. The first-order valence-corrected chi connectivity index (χ1v) is 17.0. The number of piperidine rings is 1. The zero-order valence-corrected chi connectivity index (χ0v) is 28.8. The summed E-state index contributed by atoms with van der Waals surface area (Å²) in [5, 5.41) is 37.9. The number of aliphatic hydroxyl groups is 1. The number of likely N-dealkylation sites (tertiary alicyclic amines) is 1. The van der Waals surface area contributed by atoms with Gasteiger partial charge in [-0.05, 0) is 54.3 Å². The number of hydrogen-bond acceptors (Lipinski definition) is 9. The SMILES string of the molecule is CC1(C)C(c2ccccc2)=CC=CC1(COc1cc(OCc2cccc(C#N)c2)c(CN2CCCC[C@H]2C(=O)O)cc1Cl)c1nnc(CO)o1. The number of nitrogens with zero attached hydrogens (tertiary/aromatic N) is 4. The van der Waals surface area contributed by atoms with E-state index in [-0.39, 0.29) is 25.0 Å². The number of ether oxygens (including phenoxy) is 2. The number of aliphatic carboxylic acids is 1. The number of aromatic nitrogens is 2. The van der Waals surface area contributed by atoms with Crippen molar-refractivity contribution < 1.29 is 28.9 Å². The summed E-state index contributed by atoms with van der Waals surface area (Å²) >= 11 is 6.94. The van der Waals surface area contributed by atoms with Crippen molar-refractivity contribution in [1.82, 2.24) is 15.1 Å². The van der Waals surface area contributed by atoms with Crippen LogP contribution >= 0.6 is 11.6 Å². The summed E-state index contributed by atoms with van der Waals surface area (Å²) in [7, 11) is 0. The molecule has 6 rings (SSSR count). The van der Waals surface area contributed by atoms with Crippen molar-refractivity contribution in [2.45, 2.75) is 64.3 Å². The van der Waals surface area contributed by atoms with Gasteiger partial charge in [0.15, 0.2) is 0 Å². The van der Waals surface area contributed by atoms with Gasteiger partial charge in [0.1, 0.15) is 42.8 Å². The van der Waals surface area contributed by atoms with E-state index in [1.165, 1.54) is 0 Å². The monoisotopic (exact) mass is 694 g/mol. The Bertz CT molecular complexity index is 1950. The average Bonchev–Trinajstić information content (AvgIpc) is 3.62. The Morgan fingerprint density at radius 1 is 1.08 bits per heavy atom. The van der Waals surface area contributed by atoms with Crippen LogP contribution < -0.4 is 9.47 Å². The molecule has 2 atom stereocenters. The zero-order chi connectivity index (χ0) is 35.3. The number of halogens is 1. The number of aliphatic hydroxyl groups excluding tert-OH is 1. The molecule has 2 aliphatic rings. The number of benzene rings is 3. The molecule has 1 saturated heterocycles. The molecule has 2 heterocycles. The minimum Gasteiger partial charge on any atom is -0.490 e. The van der Waals surface area contributed by atoms with E-state index in [0.29, 0.717) is 41.6 Å². The predicted molar refractivity (Wildman–Crippen MR) is 187 cm³/mol. The molecule has 4 aromatic rings. The maximum absolute atomic E-state index is 12.1. The number of hydrogen-bond donors (Lipinski definition) is 2. The van der Waals surface area contributed by atoms with Crippen LogP contribution in [0.4, 0.5) is 0 Å². The minimum atomic E-state index is -0.976. The third-order valence-electron chi connectivity index (χ3n) is 9.79. The van der Waals surface area contributed by atoms with Crippen molar-refractivity contribution in [2.75, 3.05) is 13.2 Å². The number of carbonyl (C=O) groups is 1. The first-order valence-electron chi connectivity index (χ1n) is 16.6. The summed E-state index contributed by atoms with van der Waals surface area (Å²) in [5.41, 5.74) is 2.50. The second-order valence-electron chi connectivity index (χ2n) is 13.2. The van der Waals surface area contributed by atoms with Gasteiger partial charge < -0.3 is 24.1 Å². The van der Waals surface area contributed by atoms with Gasteiger partial charge in [-0.25, -0.2) is 0 Å². The van der Waals surface area contributed by atoms with Crippen molar-refractivity contribution in [3.05, 3.63) is 124 Å². The number of carboxylic acids is 1. The van der Waals surface area contributed by atoms with Gasteiger partial charge in [0.25, 0.3) is 0 Å². The Morgan fingerprint density at radius 3 is 2.64 bits per heavy atom. The lowest BCUT2D eigenvalue weighted by atomic mass is 9.58. The van der Waals surface area contributed by atoms with Gasteiger partial charge in [-0.3, -0.25) is 9.69 Å². The van der Waals surface area contributed by atoms with E-state index < -0.39 is 29.4 Å². The number of allylic oxidation sites excluding steroid dienone is 3. The average molecular weight is 695 g/mol.